The Hall–Kier alpha value is -3.91. The van der Waals surface area contributed by atoms with E-state index in [9.17, 15) is 4.79 Å². The predicted molar refractivity (Wildman–Crippen MR) is 157 cm³/mol. The lowest BCUT2D eigenvalue weighted by Crippen LogP contribution is -2.51. The normalized spacial score (nSPS) is 17.5. The molecule has 4 aromatic rings. The first-order valence-corrected chi connectivity index (χ1v) is 13.8. The number of aromatic nitrogens is 3. The zero-order chi connectivity index (χ0) is 27.3. The molecule has 1 aromatic carbocycles. The van der Waals surface area contributed by atoms with Crippen molar-refractivity contribution in [3.8, 4) is 11.3 Å². The predicted octanol–water partition coefficient (Wildman–Crippen LogP) is 5.25. The summed E-state index contributed by atoms with van der Waals surface area (Å²) >= 11 is 0. The lowest BCUT2D eigenvalue weighted by atomic mass is 9.80. The van der Waals surface area contributed by atoms with Crippen LogP contribution in [0.15, 0.2) is 55.0 Å². The summed E-state index contributed by atoms with van der Waals surface area (Å²) in [4.78, 5) is 27.0. The van der Waals surface area contributed by atoms with E-state index in [4.69, 9.17) is 4.98 Å². The van der Waals surface area contributed by atoms with Crippen LogP contribution < -0.4 is 15.5 Å². The molecule has 0 aliphatic carbocycles. The molecule has 3 aromatic heterocycles. The SMILES string of the molecule is Cc1ccn2c(-c3ccc(Nc4ccc(N5CCCC(C(C)(C)N(C)C)C5)cn4)c4c3CNC4=O)cnc2c1. The molecular formula is C31H37N7O. The van der Waals surface area contributed by atoms with Crippen molar-refractivity contribution >= 4 is 28.7 Å². The number of carbonyl (C=O) groups is 1. The number of benzene rings is 1. The number of anilines is 3. The highest BCUT2D eigenvalue weighted by Crippen LogP contribution is 2.36. The number of pyridine rings is 2. The van der Waals surface area contributed by atoms with Gasteiger partial charge in [-0.25, -0.2) is 9.97 Å². The molecule has 39 heavy (non-hydrogen) atoms. The highest BCUT2D eigenvalue weighted by atomic mass is 16.1. The monoisotopic (exact) mass is 523 g/mol. The van der Waals surface area contributed by atoms with Gasteiger partial charge in [-0.1, -0.05) is 6.07 Å². The summed E-state index contributed by atoms with van der Waals surface area (Å²) in [6.07, 6.45) is 8.29. The van der Waals surface area contributed by atoms with Crippen LogP contribution in [0.4, 0.5) is 17.2 Å². The number of fused-ring (bicyclic) bond motifs is 2. The molecule has 0 bridgehead atoms. The summed E-state index contributed by atoms with van der Waals surface area (Å²) in [5.41, 5.74) is 7.74. The lowest BCUT2D eigenvalue weighted by molar-refractivity contribution is 0.0966. The minimum absolute atomic E-state index is 0.0708. The fourth-order valence-electron chi connectivity index (χ4n) is 5.91. The Balaban J connectivity index is 1.25. The van der Waals surface area contributed by atoms with Gasteiger partial charge in [0.25, 0.3) is 5.91 Å². The van der Waals surface area contributed by atoms with Gasteiger partial charge in [0.1, 0.15) is 11.5 Å². The third kappa shape index (κ3) is 4.52. The number of carbonyl (C=O) groups excluding carboxylic acids is 1. The van der Waals surface area contributed by atoms with Gasteiger partial charge in [0.2, 0.25) is 0 Å². The van der Waals surface area contributed by atoms with Gasteiger partial charge < -0.3 is 20.4 Å². The quantitative estimate of drug-likeness (QED) is 0.360. The van der Waals surface area contributed by atoms with E-state index in [1.165, 1.54) is 12.8 Å². The maximum absolute atomic E-state index is 12.9. The molecule has 2 aliphatic rings. The smallest absolute Gasteiger partial charge is 0.254 e. The number of rotatable bonds is 6. The van der Waals surface area contributed by atoms with E-state index in [0.717, 1.165) is 58.3 Å². The van der Waals surface area contributed by atoms with Crippen LogP contribution in [0.3, 0.4) is 0 Å². The topological polar surface area (TPSA) is 77.8 Å². The van der Waals surface area contributed by atoms with E-state index >= 15 is 0 Å². The highest BCUT2D eigenvalue weighted by Gasteiger charge is 2.35. The average molecular weight is 524 g/mol. The molecule has 8 nitrogen and oxygen atoms in total. The Kier molecular flexibility index (Phi) is 6.30. The van der Waals surface area contributed by atoms with E-state index in [1.54, 1.807) is 0 Å². The molecule has 6 rings (SSSR count). The standard InChI is InChI=1S/C31H37N7O/c1-20-12-14-38-26(18-33-28(38)15-20)23-9-10-25(29-24(23)17-34-30(29)39)35-27-11-8-22(16-32-27)37-13-6-7-21(19-37)31(2,3)36(4)5/h8-12,14-16,18,21H,6-7,13,17,19H2,1-5H3,(H,32,35)(H,34,39). The molecule has 202 valence electrons. The van der Waals surface area contributed by atoms with Crippen LogP contribution in [0.25, 0.3) is 16.9 Å². The van der Waals surface area contributed by atoms with Crippen LogP contribution in [0, 0.1) is 12.8 Å². The molecule has 5 heterocycles. The Bertz CT molecular complexity index is 1540. The maximum atomic E-state index is 12.9. The van der Waals surface area contributed by atoms with Crippen LogP contribution in [0.2, 0.25) is 0 Å². The molecule has 0 spiro atoms. The van der Waals surface area contributed by atoms with Gasteiger partial charge in [-0.15, -0.1) is 0 Å². The van der Waals surface area contributed by atoms with Crippen molar-refractivity contribution in [2.75, 3.05) is 37.4 Å². The van der Waals surface area contributed by atoms with Crippen molar-refractivity contribution in [3.63, 3.8) is 0 Å². The zero-order valence-electron chi connectivity index (χ0n) is 23.5. The van der Waals surface area contributed by atoms with Gasteiger partial charge in [0, 0.05) is 36.9 Å². The fourth-order valence-corrected chi connectivity index (χ4v) is 5.91. The number of imidazole rings is 1. The van der Waals surface area contributed by atoms with Crippen LogP contribution in [0.1, 0.15) is 48.2 Å². The maximum Gasteiger partial charge on any atom is 0.254 e. The minimum atomic E-state index is -0.0708. The molecule has 1 amide bonds. The van der Waals surface area contributed by atoms with Crippen molar-refractivity contribution in [1.82, 2.24) is 24.6 Å². The van der Waals surface area contributed by atoms with Gasteiger partial charge >= 0.3 is 0 Å². The molecular weight excluding hydrogens is 486 g/mol. The van der Waals surface area contributed by atoms with Crippen molar-refractivity contribution in [3.05, 3.63) is 71.7 Å². The first-order chi connectivity index (χ1) is 18.7. The number of aryl methyl sites for hydroxylation is 1. The summed E-state index contributed by atoms with van der Waals surface area (Å²) in [5.74, 6) is 1.25. The number of nitrogens with one attached hydrogen (secondary N) is 2. The largest absolute Gasteiger partial charge is 0.370 e. The molecule has 2 aliphatic heterocycles. The van der Waals surface area contributed by atoms with E-state index in [1.807, 2.05) is 30.7 Å². The number of piperidine rings is 1. The second-order valence-corrected chi connectivity index (χ2v) is 11.6. The van der Waals surface area contributed by atoms with Gasteiger partial charge in [-0.05, 0) is 95.1 Å². The molecule has 2 N–H and O–H groups in total. The highest BCUT2D eigenvalue weighted by molar-refractivity contribution is 6.06. The van der Waals surface area contributed by atoms with Crippen LogP contribution >= 0.6 is 0 Å². The number of nitrogens with zero attached hydrogens (tertiary/aromatic N) is 5. The summed E-state index contributed by atoms with van der Waals surface area (Å²) in [7, 11) is 4.34. The Morgan fingerprint density at radius 2 is 1.95 bits per heavy atom. The molecule has 8 heteroatoms. The van der Waals surface area contributed by atoms with Crippen LogP contribution in [-0.4, -0.2) is 57.9 Å². The first kappa shape index (κ1) is 25.4. The van der Waals surface area contributed by atoms with E-state index < -0.39 is 0 Å². The van der Waals surface area contributed by atoms with Gasteiger partial charge in [0.05, 0.1) is 35.0 Å². The number of amides is 1. The van der Waals surface area contributed by atoms with Gasteiger partial charge in [-0.3, -0.25) is 9.20 Å². The van der Waals surface area contributed by atoms with Gasteiger partial charge in [0.15, 0.2) is 0 Å². The number of hydrogen-bond acceptors (Lipinski definition) is 6. The zero-order valence-corrected chi connectivity index (χ0v) is 23.5. The summed E-state index contributed by atoms with van der Waals surface area (Å²) in [5, 5.41) is 6.42. The second kappa shape index (κ2) is 9.68. The molecule has 1 saturated heterocycles. The molecule has 1 fully saturated rings. The lowest BCUT2D eigenvalue weighted by Gasteiger charge is -2.45. The Morgan fingerprint density at radius 1 is 1.10 bits per heavy atom. The average Bonchev–Trinajstić information content (AvgIpc) is 3.53. The summed E-state index contributed by atoms with van der Waals surface area (Å²) in [6.45, 7) is 9.30. The Labute approximate surface area is 230 Å². The molecule has 1 unspecified atom stereocenters. The summed E-state index contributed by atoms with van der Waals surface area (Å²) < 4.78 is 2.07. The molecule has 1 atom stereocenters. The van der Waals surface area contributed by atoms with Crippen LogP contribution in [-0.2, 0) is 6.54 Å². The van der Waals surface area contributed by atoms with Gasteiger partial charge in [-0.2, -0.15) is 0 Å². The summed E-state index contributed by atoms with van der Waals surface area (Å²) in [6, 6.07) is 12.3. The minimum Gasteiger partial charge on any atom is -0.370 e. The fraction of sp³-hybridized carbons (Fsp3) is 0.387. The number of hydrogen-bond donors (Lipinski definition) is 2. The molecule has 0 saturated carbocycles. The second-order valence-electron chi connectivity index (χ2n) is 11.6. The van der Waals surface area contributed by atoms with E-state index in [-0.39, 0.29) is 11.4 Å². The third-order valence-electron chi connectivity index (χ3n) is 8.86. The Morgan fingerprint density at radius 3 is 2.72 bits per heavy atom. The van der Waals surface area contributed by atoms with Crippen molar-refractivity contribution in [2.24, 2.45) is 5.92 Å². The van der Waals surface area contributed by atoms with Crippen molar-refractivity contribution in [1.29, 1.82) is 0 Å². The third-order valence-corrected chi connectivity index (χ3v) is 8.86. The first-order valence-electron chi connectivity index (χ1n) is 13.8. The van der Waals surface area contributed by atoms with Crippen molar-refractivity contribution in [2.45, 2.75) is 45.7 Å². The van der Waals surface area contributed by atoms with Crippen molar-refractivity contribution < 1.29 is 4.79 Å². The van der Waals surface area contributed by atoms with E-state index in [0.29, 0.717) is 18.0 Å². The van der Waals surface area contributed by atoms with Crippen LogP contribution in [0.5, 0.6) is 0 Å². The molecule has 0 radical (unpaired) electrons. The van der Waals surface area contributed by atoms with E-state index in [2.05, 4.69) is 89.0 Å².